The van der Waals surface area contributed by atoms with Gasteiger partial charge in [0, 0.05) is 18.0 Å². The van der Waals surface area contributed by atoms with Crippen molar-refractivity contribution in [2.75, 3.05) is 13.7 Å². The summed E-state index contributed by atoms with van der Waals surface area (Å²) in [5.74, 6) is 0. The molecule has 2 heterocycles. The Morgan fingerprint density at radius 2 is 2.35 bits per heavy atom. The van der Waals surface area contributed by atoms with Gasteiger partial charge in [0.05, 0.1) is 5.69 Å². The number of thiazole rings is 1. The highest BCUT2D eigenvalue weighted by Gasteiger charge is 2.35. The normalized spacial score (nSPS) is 24.4. The lowest BCUT2D eigenvalue weighted by molar-refractivity contribution is 0.0165. The van der Waals surface area contributed by atoms with Gasteiger partial charge in [0.2, 0.25) is 0 Å². The summed E-state index contributed by atoms with van der Waals surface area (Å²) in [6.07, 6.45) is 4.48. The summed E-state index contributed by atoms with van der Waals surface area (Å²) >= 11 is 1.82. The zero-order valence-electron chi connectivity index (χ0n) is 11.0. The van der Waals surface area contributed by atoms with Crippen molar-refractivity contribution in [3.8, 4) is 0 Å². The van der Waals surface area contributed by atoms with Crippen molar-refractivity contribution in [1.82, 2.24) is 10.3 Å². The molecule has 0 radical (unpaired) electrons. The van der Waals surface area contributed by atoms with Gasteiger partial charge >= 0.3 is 0 Å². The van der Waals surface area contributed by atoms with E-state index in [4.69, 9.17) is 9.72 Å². The van der Waals surface area contributed by atoms with Gasteiger partial charge in [0.1, 0.15) is 10.6 Å². The van der Waals surface area contributed by atoms with Gasteiger partial charge < -0.3 is 10.1 Å². The molecule has 0 saturated carbocycles. The van der Waals surface area contributed by atoms with Crippen molar-refractivity contribution >= 4 is 11.3 Å². The second-order valence-electron chi connectivity index (χ2n) is 4.85. The first kappa shape index (κ1) is 13.0. The molecule has 1 aromatic rings. The lowest BCUT2D eigenvalue weighted by Gasteiger charge is -2.19. The number of aromatic nitrogens is 1. The Morgan fingerprint density at radius 3 is 2.94 bits per heavy atom. The Bertz CT molecular complexity index is 346. The lowest BCUT2D eigenvalue weighted by Crippen LogP contribution is -2.19. The maximum absolute atomic E-state index is 5.88. The van der Waals surface area contributed by atoms with Crippen LogP contribution >= 0.6 is 11.3 Å². The summed E-state index contributed by atoms with van der Waals surface area (Å²) in [6, 6.07) is 0. The molecule has 1 unspecified atom stereocenters. The molecule has 1 saturated heterocycles. The molecule has 1 aliphatic rings. The third-order valence-corrected chi connectivity index (χ3v) is 4.62. The second-order valence-corrected chi connectivity index (χ2v) is 5.94. The zero-order valence-corrected chi connectivity index (χ0v) is 11.8. The van der Waals surface area contributed by atoms with Crippen molar-refractivity contribution < 1.29 is 4.74 Å². The van der Waals surface area contributed by atoms with Crippen molar-refractivity contribution in [2.45, 2.75) is 51.7 Å². The Hall–Kier alpha value is -0.450. The van der Waals surface area contributed by atoms with E-state index in [0.717, 1.165) is 38.8 Å². The largest absolute Gasteiger partial charge is 0.368 e. The number of hydrogen-bond donors (Lipinski definition) is 1. The molecular weight excluding hydrogens is 232 g/mol. The van der Waals surface area contributed by atoms with E-state index in [-0.39, 0.29) is 5.60 Å². The Balaban J connectivity index is 2.25. The number of hydrogen-bond acceptors (Lipinski definition) is 4. The van der Waals surface area contributed by atoms with Gasteiger partial charge in [-0.3, -0.25) is 0 Å². The van der Waals surface area contributed by atoms with E-state index in [1.165, 1.54) is 15.6 Å². The average Bonchev–Trinajstić information content (AvgIpc) is 2.89. The maximum atomic E-state index is 5.88. The molecule has 1 aliphatic heterocycles. The summed E-state index contributed by atoms with van der Waals surface area (Å²) < 4.78 is 5.88. The molecule has 1 aromatic heterocycles. The van der Waals surface area contributed by atoms with E-state index < -0.39 is 0 Å². The first-order chi connectivity index (χ1) is 8.19. The highest BCUT2D eigenvalue weighted by atomic mass is 32.1. The number of aryl methyl sites for hydroxylation is 1. The molecule has 1 N–H and O–H groups in total. The number of nitrogens with one attached hydrogen (secondary N) is 1. The number of rotatable bonds is 5. The van der Waals surface area contributed by atoms with Crippen LogP contribution in [0.25, 0.3) is 0 Å². The Kier molecular flexibility index (Phi) is 4.17. The van der Waals surface area contributed by atoms with Crippen molar-refractivity contribution in [3.05, 3.63) is 15.6 Å². The van der Waals surface area contributed by atoms with Crippen molar-refractivity contribution in [1.29, 1.82) is 0 Å². The van der Waals surface area contributed by atoms with Gasteiger partial charge in [-0.05, 0) is 33.2 Å². The highest BCUT2D eigenvalue weighted by Crippen LogP contribution is 2.38. The van der Waals surface area contributed by atoms with Crippen LogP contribution in [0.5, 0.6) is 0 Å². The van der Waals surface area contributed by atoms with E-state index in [1.807, 2.05) is 18.4 Å². The van der Waals surface area contributed by atoms with E-state index in [0.29, 0.717) is 0 Å². The average molecular weight is 254 g/mol. The summed E-state index contributed by atoms with van der Waals surface area (Å²) in [4.78, 5) is 6.20. The lowest BCUT2D eigenvalue weighted by atomic mass is 10.0. The summed E-state index contributed by atoms with van der Waals surface area (Å²) in [5.41, 5.74) is 1.14. The number of ether oxygens (including phenoxy) is 1. The standard InChI is InChI=1S/C13H22N2OS/c1-4-6-10-11(9-14-3)17-12(15-10)13(2)7-5-8-16-13/h14H,4-9H2,1-3H3. The Labute approximate surface area is 108 Å². The van der Waals surface area contributed by atoms with Crippen LogP contribution in [0.1, 0.15) is 48.7 Å². The molecule has 1 fully saturated rings. The van der Waals surface area contributed by atoms with Crippen LogP contribution in [0.2, 0.25) is 0 Å². The molecule has 0 aromatic carbocycles. The van der Waals surface area contributed by atoms with Crippen LogP contribution in [0, 0.1) is 0 Å². The molecule has 96 valence electrons. The van der Waals surface area contributed by atoms with Crippen molar-refractivity contribution in [2.24, 2.45) is 0 Å². The van der Waals surface area contributed by atoms with E-state index in [1.54, 1.807) is 0 Å². The molecule has 17 heavy (non-hydrogen) atoms. The quantitative estimate of drug-likeness (QED) is 0.877. The van der Waals surface area contributed by atoms with E-state index >= 15 is 0 Å². The first-order valence-electron chi connectivity index (χ1n) is 6.47. The Morgan fingerprint density at radius 1 is 1.53 bits per heavy atom. The van der Waals surface area contributed by atoms with Crippen LogP contribution in [-0.4, -0.2) is 18.6 Å². The van der Waals surface area contributed by atoms with Gasteiger partial charge in [-0.2, -0.15) is 0 Å². The van der Waals surface area contributed by atoms with Gasteiger partial charge in [-0.1, -0.05) is 13.3 Å². The zero-order chi connectivity index (χ0) is 12.3. The van der Waals surface area contributed by atoms with Crippen LogP contribution < -0.4 is 5.32 Å². The first-order valence-corrected chi connectivity index (χ1v) is 7.29. The fraction of sp³-hybridized carbons (Fsp3) is 0.769. The van der Waals surface area contributed by atoms with Crippen molar-refractivity contribution in [3.63, 3.8) is 0 Å². The summed E-state index contributed by atoms with van der Waals surface area (Å²) in [5, 5.41) is 4.40. The molecule has 3 nitrogen and oxygen atoms in total. The fourth-order valence-electron chi connectivity index (χ4n) is 2.29. The SMILES string of the molecule is CCCc1nc(C2(C)CCCO2)sc1CNC. The highest BCUT2D eigenvalue weighted by molar-refractivity contribution is 7.11. The van der Waals surface area contributed by atoms with E-state index in [9.17, 15) is 0 Å². The van der Waals surface area contributed by atoms with E-state index in [2.05, 4.69) is 19.2 Å². The van der Waals surface area contributed by atoms with Crippen LogP contribution in [-0.2, 0) is 23.3 Å². The van der Waals surface area contributed by atoms with Gasteiger partial charge in [-0.15, -0.1) is 11.3 Å². The molecule has 0 aliphatic carbocycles. The predicted octanol–water partition coefficient (Wildman–Crippen LogP) is 2.84. The monoisotopic (exact) mass is 254 g/mol. The second kappa shape index (κ2) is 5.46. The molecule has 2 rings (SSSR count). The summed E-state index contributed by atoms with van der Waals surface area (Å²) in [7, 11) is 1.99. The summed E-state index contributed by atoms with van der Waals surface area (Å²) in [6.45, 7) is 6.18. The molecular formula is C13H22N2OS. The van der Waals surface area contributed by atoms with Crippen LogP contribution in [0.4, 0.5) is 0 Å². The van der Waals surface area contributed by atoms with Crippen LogP contribution in [0.15, 0.2) is 0 Å². The number of nitrogens with zero attached hydrogens (tertiary/aromatic N) is 1. The molecule has 0 bridgehead atoms. The predicted molar refractivity (Wildman–Crippen MR) is 71.4 cm³/mol. The fourth-order valence-corrected chi connectivity index (χ4v) is 3.54. The van der Waals surface area contributed by atoms with Gasteiger partial charge in [-0.25, -0.2) is 4.98 Å². The topological polar surface area (TPSA) is 34.1 Å². The molecule has 1 atom stereocenters. The maximum Gasteiger partial charge on any atom is 0.125 e. The minimum absolute atomic E-state index is 0.126. The molecule has 4 heteroatoms. The smallest absolute Gasteiger partial charge is 0.125 e. The van der Waals surface area contributed by atoms with Gasteiger partial charge in [0.15, 0.2) is 0 Å². The van der Waals surface area contributed by atoms with Crippen LogP contribution in [0.3, 0.4) is 0 Å². The molecule has 0 spiro atoms. The third kappa shape index (κ3) is 2.69. The molecule has 0 amide bonds. The van der Waals surface area contributed by atoms with Gasteiger partial charge in [0.25, 0.3) is 0 Å². The third-order valence-electron chi connectivity index (χ3n) is 3.27. The minimum Gasteiger partial charge on any atom is -0.368 e. The minimum atomic E-state index is -0.126.